The molecule has 3 aromatic rings. The molecule has 148 valence electrons. The first-order valence-electron chi connectivity index (χ1n) is 8.55. The Bertz CT molecular complexity index is 1140. The normalized spacial score (nSPS) is 17.9. The minimum Gasteiger partial charge on any atom is -0.493 e. The monoisotopic (exact) mass is 406 g/mol. The first kappa shape index (κ1) is 18.4. The zero-order chi connectivity index (χ0) is 19.9. The van der Waals surface area contributed by atoms with E-state index in [-0.39, 0.29) is 11.9 Å². The van der Waals surface area contributed by atoms with Gasteiger partial charge in [0.1, 0.15) is 6.04 Å². The number of nitrogens with one attached hydrogen (secondary N) is 1. The second kappa shape index (κ2) is 6.91. The standard InChI is InChI=1S/C17H18N4O6S/c1-25-12-7-3-5-10-9-13(26-14(10)12)16-19-20-17(27-16)18-15(22)11-6-4-8-21(11)28(2,23)24/h3,5,7,9,11H,4,6,8H2,1-2H3,(H,18,20,22). The SMILES string of the molecule is COc1cccc2cc(-c3nnc(NC(=O)C4CCCN4S(C)(=O)=O)o3)oc12. The van der Waals surface area contributed by atoms with Gasteiger partial charge in [0.05, 0.1) is 13.4 Å². The first-order chi connectivity index (χ1) is 13.4. The summed E-state index contributed by atoms with van der Waals surface area (Å²) in [7, 11) is -1.93. The maximum atomic E-state index is 12.5. The number of aromatic nitrogens is 2. The zero-order valence-corrected chi connectivity index (χ0v) is 16.0. The van der Waals surface area contributed by atoms with E-state index < -0.39 is 22.0 Å². The van der Waals surface area contributed by atoms with Gasteiger partial charge in [0.15, 0.2) is 17.1 Å². The molecule has 10 nitrogen and oxygen atoms in total. The maximum absolute atomic E-state index is 12.5. The molecule has 28 heavy (non-hydrogen) atoms. The molecule has 0 bridgehead atoms. The topological polar surface area (TPSA) is 128 Å². The first-order valence-corrected chi connectivity index (χ1v) is 10.4. The van der Waals surface area contributed by atoms with Crippen LogP contribution >= 0.6 is 0 Å². The number of sulfonamides is 1. The third kappa shape index (κ3) is 3.34. The highest BCUT2D eigenvalue weighted by Crippen LogP contribution is 2.33. The second-order valence-corrected chi connectivity index (χ2v) is 8.36. The van der Waals surface area contributed by atoms with Crippen LogP contribution in [-0.4, -0.2) is 54.8 Å². The van der Waals surface area contributed by atoms with Crippen molar-refractivity contribution in [1.29, 1.82) is 0 Å². The predicted molar refractivity (Wildman–Crippen MR) is 99.3 cm³/mol. The van der Waals surface area contributed by atoms with E-state index in [0.717, 1.165) is 11.6 Å². The lowest BCUT2D eigenvalue weighted by atomic mass is 10.2. The average Bonchev–Trinajstić information content (AvgIpc) is 3.38. The molecule has 1 aliphatic heterocycles. The molecule has 1 N–H and O–H groups in total. The molecule has 0 saturated carbocycles. The Morgan fingerprint density at radius 3 is 2.89 bits per heavy atom. The van der Waals surface area contributed by atoms with Gasteiger partial charge in [-0.25, -0.2) is 8.42 Å². The van der Waals surface area contributed by atoms with Crippen molar-refractivity contribution in [2.75, 3.05) is 25.2 Å². The molecule has 3 heterocycles. The highest BCUT2D eigenvalue weighted by Gasteiger charge is 2.37. The van der Waals surface area contributed by atoms with Gasteiger partial charge < -0.3 is 13.6 Å². The molecule has 0 radical (unpaired) electrons. The lowest BCUT2D eigenvalue weighted by molar-refractivity contribution is -0.119. The average molecular weight is 406 g/mol. The van der Waals surface area contributed by atoms with E-state index >= 15 is 0 Å². The third-order valence-electron chi connectivity index (χ3n) is 4.53. The molecule has 2 aromatic heterocycles. The molecular formula is C17H18N4O6S. The highest BCUT2D eigenvalue weighted by molar-refractivity contribution is 7.88. The van der Waals surface area contributed by atoms with Crippen LogP contribution in [0.25, 0.3) is 22.6 Å². The molecule has 4 rings (SSSR count). The summed E-state index contributed by atoms with van der Waals surface area (Å²) in [5.41, 5.74) is 0.540. The van der Waals surface area contributed by atoms with Crippen LogP contribution in [0.3, 0.4) is 0 Å². The number of rotatable bonds is 5. The molecule has 0 spiro atoms. The summed E-state index contributed by atoms with van der Waals surface area (Å²) < 4.78 is 41.2. The molecular weight excluding hydrogens is 388 g/mol. The predicted octanol–water partition coefficient (Wildman–Crippen LogP) is 1.85. The lowest BCUT2D eigenvalue weighted by Crippen LogP contribution is -2.42. The van der Waals surface area contributed by atoms with Gasteiger partial charge in [-0.15, -0.1) is 5.10 Å². The summed E-state index contributed by atoms with van der Waals surface area (Å²) in [6.07, 6.45) is 2.13. The maximum Gasteiger partial charge on any atom is 0.322 e. The molecule has 1 atom stereocenters. The number of carbonyl (C=O) groups is 1. The molecule has 1 aliphatic rings. The summed E-state index contributed by atoms with van der Waals surface area (Å²) in [5.74, 6) is 0.467. The van der Waals surface area contributed by atoms with Gasteiger partial charge in [-0.3, -0.25) is 10.1 Å². The number of anilines is 1. The minimum atomic E-state index is -3.47. The summed E-state index contributed by atoms with van der Waals surface area (Å²) in [5, 5.41) is 11.0. The van der Waals surface area contributed by atoms with E-state index in [9.17, 15) is 13.2 Å². The van der Waals surface area contributed by atoms with Gasteiger partial charge >= 0.3 is 6.01 Å². The number of methoxy groups -OCH3 is 1. The fourth-order valence-electron chi connectivity index (χ4n) is 3.26. The highest BCUT2D eigenvalue weighted by atomic mass is 32.2. The van der Waals surface area contributed by atoms with E-state index in [0.29, 0.717) is 36.5 Å². The smallest absolute Gasteiger partial charge is 0.322 e. The Kier molecular flexibility index (Phi) is 4.55. The molecule has 1 amide bonds. The number of hydrogen-bond donors (Lipinski definition) is 1. The van der Waals surface area contributed by atoms with Crippen LogP contribution in [0.15, 0.2) is 33.1 Å². The quantitative estimate of drug-likeness (QED) is 0.680. The van der Waals surface area contributed by atoms with Crippen molar-refractivity contribution in [2.45, 2.75) is 18.9 Å². The number of hydrogen-bond acceptors (Lipinski definition) is 8. The summed E-state index contributed by atoms with van der Waals surface area (Å²) in [6, 6.07) is 6.25. The van der Waals surface area contributed by atoms with Crippen LogP contribution in [0.1, 0.15) is 12.8 Å². The molecule has 1 aromatic carbocycles. The number of carbonyl (C=O) groups excluding carboxylic acids is 1. The summed E-state index contributed by atoms with van der Waals surface area (Å²) in [4.78, 5) is 12.5. The van der Waals surface area contributed by atoms with Crippen LogP contribution < -0.4 is 10.1 Å². The molecule has 0 aliphatic carbocycles. The fourth-order valence-corrected chi connectivity index (χ4v) is 4.39. The Labute approximate surface area is 160 Å². The number of furan rings is 1. The minimum absolute atomic E-state index is 0.0833. The number of fused-ring (bicyclic) bond motifs is 1. The summed E-state index contributed by atoms with van der Waals surface area (Å²) in [6.45, 7) is 0.312. The van der Waals surface area contributed by atoms with Crippen molar-refractivity contribution >= 4 is 32.9 Å². The van der Waals surface area contributed by atoms with Crippen molar-refractivity contribution in [2.24, 2.45) is 0 Å². The van der Waals surface area contributed by atoms with Gasteiger partial charge in [-0.2, -0.15) is 4.31 Å². The van der Waals surface area contributed by atoms with E-state index in [1.54, 1.807) is 19.2 Å². The van der Waals surface area contributed by atoms with Crippen LogP contribution in [0, 0.1) is 0 Å². The molecule has 11 heteroatoms. The Hall–Kier alpha value is -2.92. The zero-order valence-electron chi connectivity index (χ0n) is 15.2. The van der Waals surface area contributed by atoms with Crippen molar-refractivity contribution in [1.82, 2.24) is 14.5 Å². The molecule has 1 unspecified atom stereocenters. The van der Waals surface area contributed by atoms with Crippen LogP contribution in [0.4, 0.5) is 6.01 Å². The summed E-state index contributed by atoms with van der Waals surface area (Å²) >= 11 is 0. The lowest BCUT2D eigenvalue weighted by Gasteiger charge is -2.20. The fraction of sp³-hybridized carbons (Fsp3) is 0.353. The second-order valence-electron chi connectivity index (χ2n) is 6.42. The molecule has 1 saturated heterocycles. The van der Waals surface area contributed by atoms with E-state index in [1.165, 1.54) is 4.31 Å². The van der Waals surface area contributed by atoms with Gasteiger partial charge in [0.2, 0.25) is 15.9 Å². The van der Waals surface area contributed by atoms with Crippen LogP contribution in [-0.2, 0) is 14.8 Å². The van der Waals surface area contributed by atoms with Gasteiger partial charge in [0.25, 0.3) is 5.89 Å². The number of nitrogens with zero attached hydrogens (tertiary/aromatic N) is 3. The van der Waals surface area contributed by atoms with Crippen molar-refractivity contribution in [3.05, 3.63) is 24.3 Å². The van der Waals surface area contributed by atoms with E-state index in [1.807, 2.05) is 12.1 Å². The van der Waals surface area contributed by atoms with Crippen molar-refractivity contribution in [3.63, 3.8) is 0 Å². The third-order valence-corrected chi connectivity index (χ3v) is 5.82. The Morgan fingerprint density at radius 1 is 1.32 bits per heavy atom. The van der Waals surface area contributed by atoms with Gasteiger partial charge in [0, 0.05) is 11.9 Å². The van der Waals surface area contributed by atoms with Crippen LogP contribution in [0.5, 0.6) is 5.75 Å². The Balaban J connectivity index is 1.54. The molecule has 1 fully saturated rings. The Morgan fingerprint density at radius 2 is 2.14 bits per heavy atom. The van der Waals surface area contributed by atoms with E-state index in [4.69, 9.17) is 13.6 Å². The van der Waals surface area contributed by atoms with E-state index in [2.05, 4.69) is 15.5 Å². The largest absolute Gasteiger partial charge is 0.493 e. The van der Waals surface area contributed by atoms with Crippen LogP contribution in [0.2, 0.25) is 0 Å². The van der Waals surface area contributed by atoms with Gasteiger partial charge in [-0.05, 0) is 25.0 Å². The van der Waals surface area contributed by atoms with Crippen molar-refractivity contribution in [3.8, 4) is 17.4 Å². The number of ether oxygens (including phenoxy) is 1. The number of amides is 1. The van der Waals surface area contributed by atoms with Crippen molar-refractivity contribution < 1.29 is 26.8 Å². The number of para-hydroxylation sites is 1. The number of benzene rings is 1. The van der Waals surface area contributed by atoms with Gasteiger partial charge in [-0.1, -0.05) is 17.2 Å².